The summed E-state index contributed by atoms with van der Waals surface area (Å²) in [7, 11) is 1.75. The molecular weight excluding hydrogens is 400 g/mol. The molecule has 3 aromatic heterocycles. The van der Waals surface area contributed by atoms with E-state index in [2.05, 4.69) is 20.1 Å². The van der Waals surface area contributed by atoms with Crippen LogP contribution in [0, 0.1) is 6.92 Å². The summed E-state index contributed by atoms with van der Waals surface area (Å²) in [5.74, 6) is 0.183. The zero-order valence-electron chi connectivity index (χ0n) is 17.0. The molecule has 7 nitrogen and oxygen atoms in total. The van der Waals surface area contributed by atoms with Crippen LogP contribution in [0.1, 0.15) is 28.7 Å². The van der Waals surface area contributed by atoms with Crippen LogP contribution in [0.15, 0.2) is 48.8 Å². The lowest BCUT2D eigenvalue weighted by atomic mass is 10.1. The number of carbonyl (C=O) groups excluding carboxylic acids is 1. The van der Waals surface area contributed by atoms with Crippen molar-refractivity contribution in [2.24, 2.45) is 0 Å². The van der Waals surface area contributed by atoms with Gasteiger partial charge in [0, 0.05) is 48.0 Å². The van der Waals surface area contributed by atoms with Crippen LogP contribution in [0.3, 0.4) is 0 Å². The van der Waals surface area contributed by atoms with Gasteiger partial charge in [-0.05, 0) is 44.2 Å². The average molecular weight is 421 g/mol. The Bertz CT molecular complexity index is 1220. The number of carbonyl (C=O) groups is 1. The summed E-state index contributed by atoms with van der Waals surface area (Å²) in [6.07, 6.45) is 3.48. The van der Waals surface area contributed by atoms with E-state index in [1.54, 1.807) is 42.5 Å². The summed E-state index contributed by atoms with van der Waals surface area (Å²) in [6.45, 7) is 5.25. The van der Waals surface area contributed by atoms with Crippen LogP contribution in [0.4, 0.5) is 0 Å². The monoisotopic (exact) mass is 420 g/mol. The van der Waals surface area contributed by atoms with E-state index < -0.39 is 0 Å². The number of aromatic nitrogens is 5. The standard InChI is InChI=1S/C22H21ClN6O/c1-4-29-14(2)15(12-25-29)13-28(3)22(30)20-17-11-16(23)8-9-18(17)26-21(27-20)19-7-5-6-10-24-19/h5-12H,4,13H2,1-3H3. The van der Waals surface area contributed by atoms with E-state index in [4.69, 9.17) is 11.6 Å². The SMILES string of the molecule is CCn1ncc(CN(C)C(=O)c2nc(-c3ccccn3)nc3ccc(Cl)cc23)c1C. The molecule has 0 aliphatic rings. The van der Waals surface area contributed by atoms with E-state index in [0.29, 0.717) is 39.7 Å². The predicted octanol–water partition coefficient (Wildman–Crippen LogP) is 4.14. The Labute approximate surface area is 179 Å². The van der Waals surface area contributed by atoms with E-state index in [1.807, 2.05) is 36.7 Å². The molecule has 4 rings (SSSR count). The first-order chi connectivity index (χ1) is 14.5. The molecule has 0 fully saturated rings. The van der Waals surface area contributed by atoms with Gasteiger partial charge in [0.1, 0.15) is 11.4 Å². The van der Waals surface area contributed by atoms with E-state index in [9.17, 15) is 4.79 Å². The van der Waals surface area contributed by atoms with Crippen molar-refractivity contribution in [3.8, 4) is 11.5 Å². The van der Waals surface area contributed by atoms with Gasteiger partial charge in [0.05, 0.1) is 11.7 Å². The molecule has 0 atom stereocenters. The highest BCUT2D eigenvalue weighted by Crippen LogP contribution is 2.25. The molecule has 3 heterocycles. The second-order valence-electron chi connectivity index (χ2n) is 7.00. The normalized spacial score (nSPS) is 11.1. The Morgan fingerprint density at radius 2 is 2.03 bits per heavy atom. The summed E-state index contributed by atoms with van der Waals surface area (Å²) < 4.78 is 1.91. The molecule has 0 saturated carbocycles. The van der Waals surface area contributed by atoms with Gasteiger partial charge in [-0.25, -0.2) is 9.97 Å². The van der Waals surface area contributed by atoms with Crippen molar-refractivity contribution in [3.63, 3.8) is 0 Å². The maximum atomic E-state index is 13.4. The third kappa shape index (κ3) is 3.76. The first-order valence-electron chi connectivity index (χ1n) is 9.63. The maximum Gasteiger partial charge on any atom is 0.273 e. The van der Waals surface area contributed by atoms with Crippen LogP contribution < -0.4 is 0 Å². The van der Waals surface area contributed by atoms with E-state index >= 15 is 0 Å². The smallest absolute Gasteiger partial charge is 0.273 e. The lowest BCUT2D eigenvalue weighted by Crippen LogP contribution is -2.28. The van der Waals surface area contributed by atoms with Crippen LogP contribution in [0.25, 0.3) is 22.4 Å². The fourth-order valence-electron chi connectivity index (χ4n) is 3.34. The highest BCUT2D eigenvalue weighted by atomic mass is 35.5. The molecule has 8 heteroatoms. The topological polar surface area (TPSA) is 76.8 Å². The lowest BCUT2D eigenvalue weighted by Gasteiger charge is -2.18. The molecule has 152 valence electrons. The maximum absolute atomic E-state index is 13.4. The summed E-state index contributed by atoms with van der Waals surface area (Å²) in [5, 5.41) is 5.49. The van der Waals surface area contributed by atoms with Gasteiger partial charge in [0.2, 0.25) is 0 Å². The Kier molecular flexibility index (Phi) is 5.46. The molecule has 0 spiro atoms. The van der Waals surface area contributed by atoms with Crippen LogP contribution >= 0.6 is 11.6 Å². The summed E-state index contributed by atoms with van der Waals surface area (Å²) in [4.78, 5) is 28.5. The van der Waals surface area contributed by atoms with Gasteiger partial charge in [-0.1, -0.05) is 17.7 Å². The number of aryl methyl sites for hydroxylation is 1. The lowest BCUT2D eigenvalue weighted by molar-refractivity contribution is 0.0781. The third-order valence-corrected chi connectivity index (χ3v) is 5.25. The molecule has 0 unspecified atom stereocenters. The van der Waals surface area contributed by atoms with Gasteiger partial charge >= 0.3 is 0 Å². The first-order valence-corrected chi connectivity index (χ1v) is 10.0. The molecule has 1 amide bonds. The van der Waals surface area contributed by atoms with Crippen LogP contribution in [0.2, 0.25) is 5.02 Å². The Hall–Kier alpha value is -3.32. The highest BCUT2D eigenvalue weighted by molar-refractivity contribution is 6.31. The molecular formula is C22H21ClN6O. The van der Waals surface area contributed by atoms with Gasteiger partial charge in [0.15, 0.2) is 5.82 Å². The van der Waals surface area contributed by atoms with Crippen LogP contribution in [0.5, 0.6) is 0 Å². The number of fused-ring (bicyclic) bond motifs is 1. The fraction of sp³-hybridized carbons (Fsp3) is 0.227. The van der Waals surface area contributed by atoms with E-state index in [-0.39, 0.29) is 5.91 Å². The number of hydrogen-bond donors (Lipinski definition) is 0. The van der Waals surface area contributed by atoms with Gasteiger partial charge in [-0.2, -0.15) is 5.10 Å². The molecule has 1 aromatic carbocycles. The number of rotatable bonds is 5. The molecule has 0 saturated heterocycles. The number of hydrogen-bond acceptors (Lipinski definition) is 5. The summed E-state index contributed by atoms with van der Waals surface area (Å²) >= 11 is 6.20. The van der Waals surface area contributed by atoms with E-state index in [1.165, 1.54) is 0 Å². The quantitative estimate of drug-likeness (QED) is 0.485. The van der Waals surface area contributed by atoms with Crippen molar-refractivity contribution in [2.75, 3.05) is 7.05 Å². The van der Waals surface area contributed by atoms with E-state index in [0.717, 1.165) is 17.8 Å². The number of nitrogens with zero attached hydrogens (tertiary/aromatic N) is 6. The Morgan fingerprint density at radius 1 is 1.20 bits per heavy atom. The van der Waals surface area contributed by atoms with Crippen molar-refractivity contribution < 1.29 is 4.79 Å². The molecule has 4 aromatic rings. The van der Waals surface area contributed by atoms with Gasteiger partial charge in [-0.15, -0.1) is 0 Å². The van der Waals surface area contributed by atoms with Crippen molar-refractivity contribution in [1.82, 2.24) is 29.6 Å². The Morgan fingerprint density at radius 3 is 2.73 bits per heavy atom. The number of halogens is 1. The van der Waals surface area contributed by atoms with Gasteiger partial charge < -0.3 is 4.90 Å². The highest BCUT2D eigenvalue weighted by Gasteiger charge is 2.21. The first kappa shape index (κ1) is 20.0. The number of amides is 1. The van der Waals surface area contributed by atoms with Crippen molar-refractivity contribution >= 4 is 28.4 Å². The zero-order valence-corrected chi connectivity index (χ0v) is 17.8. The second-order valence-corrected chi connectivity index (χ2v) is 7.44. The second kappa shape index (κ2) is 8.20. The summed E-state index contributed by atoms with van der Waals surface area (Å²) in [6, 6.07) is 10.8. The molecule has 0 bridgehead atoms. The largest absolute Gasteiger partial charge is 0.336 e. The average Bonchev–Trinajstić information content (AvgIpc) is 3.12. The zero-order chi connectivity index (χ0) is 21.3. The molecule has 0 aliphatic carbocycles. The number of benzene rings is 1. The van der Waals surface area contributed by atoms with Crippen LogP contribution in [-0.2, 0) is 13.1 Å². The van der Waals surface area contributed by atoms with Gasteiger partial charge in [-0.3, -0.25) is 14.5 Å². The molecule has 0 aliphatic heterocycles. The predicted molar refractivity (Wildman–Crippen MR) is 116 cm³/mol. The number of pyridine rings is 1. The Balaban J connectivity index is 1.76. The summed E-state index contributed by atoms with van der Waals surface area (Å²) in [5.41, 5.74) is 3.58. The van der Waals surface area contributed by atoms with Crippen molar-refractivity contribution in [3.05, 3.63) is 70.8 Å². The minimum absolute atomic E-state index is 0.217. The molecule has 0 N–H and O–H groups in total. The van der Waals surface area contributed by atoms with Gasteiger partial charge in [0.25, 0.3) is 5.91 Å². The van der Waals surface area contributed by atoms with Crippen LogP contribution in [-0.4, -0.2) is 42.6 Å². The van der Waals surface area contributed by atoms with Crippen molar-refractivity contribution in [1.29, 1.82) is 0 Å². The fourth-order valence-corrected chi connectivity index (χ4v) is 3.51. The minimum atomic E-state index is -0.217. The third-order valence-electron chi connectivity index (χ3n) is 5.01. The van der Waals surface area contributed by atoms with Crippen molar-refractivity contribution in [2.45, 2.75) is 26.9 Å². The minimum Gasteiger partial charge on any atom is -0.336 e. The molecule has 30 heavy (non-hydrogen) atoms. The molecule has 0 radical (unpaired) electrons.